The highest BCUT2D eigenvalue weighted by Gasteiger charge is 2.10. The van der Waals surface area contributed by atoms with Crippen LogP contribution >= 0.6 is 0 Å². The fourth-order valence-corrected chi connectivity index (χ4v) is 1.42. The normalized spacial score (nSPS) is 9.94. The summed E-state index contributed by atoms with van der Waals surface area (Å²) >= 11 is 0. The first-order valence-electron chi connectivity index (χ1n) is 5.03. The van der Waals surface area contributed by atoms with Crippen LogP contribution in [0, 0.1) is 6.92 Å². The third-order valence-electron chi connectivity index (χ3n) is 2.36. The number of carboxylic acids is 1. The van der Waals surface area contributed by atoms with Crippen LogP contribution in [0.5, 0.6) is 0 Å². The topological polar surface area (TPSA) is 75.1 Å². The van der Waals surface area contributed by atoms with Crippen molar-refractivity contribution in [3.8, 4) is 0 Å². The highest BCUT2D eigenvalue weighted by atomic mass is 16.4. The van der Waals surface area contributed by atoms with Crippen molar-refractivity contribution in [2.75, 3.05) is 5.32 Å². The monoisotopic (exact) mass is 229 g/mol. The molecule has 17 heavy (non-hydrogen) atoms. The van der Waals surface area contributed by atoms with Crippen molar-refractivity contribution in [1.29, 1.82) is 0 Å². The molecule has 0 aliphatic rings. The molecule has 0 unspecified atom stereocenters. The summed E-state index contributed by atoms with van der Waals surface area (Å²) in [4.78, 5) is 18.9. The summed E-state index contributed by atoms with van der Waals surface area (Å²) in [6.07, 6.45) is 6.26. The smallest absolute Gasteiger partial charge is 0.337 e. The molecule has 86 valence electrons. The van der Waals surface area contributed by atoms with Crippen LogP contribution < -0.4 is 5.32 Å². The molecule has 0 aliphatic heterocycles. The van der Waals surface area contributed by atoms with E-state index >= 15 is 0 Å². The molecule has 0 saturated carbocycles. The Morgan fingerprint density at radius 2 is 1.82 bits per heavy atom. The van der Waals surface area contributed by atoms with Crippen LogP contribution in [0.15, 0.2) is 36.9 Å². The van der Waals surface area contributed by atoms with Crippen LogP contribution in [-0.2, 0) is 0 Å². The minimum Gasteiger partial charge on any atom is -0.478 e. The third-order valence-corrected chi connectivity index (χ3v) is 2.36. The van der Waals surface area contributed by atoms with Crippen molar-refractivity contribution in [2.45, 2.75) is 6.92 Å². The van der Waals surface area contributed by atoms with Gasteiger partial charge in [0, 0.05) is 12.4 Å². The number of aromatic carboxylic acids is 1. The van der Waals surface area contributed by atoms with Gasteiger partial charge in [-0.05, 0) is 24.6 Å². The second kappa shape index (κ2) is 4.61. The number of nitrogens with one attached hydrogen (secondary N) is 1. The lowest BCUT2D eigenvalue weighted by atomic mass is 10.2. The summed E-state index contributed by atoms with van der Waals surface area (Å²) in [5, 5.41) is 12.0. The molecule has 0 radical (unpaired) electrons. The Bertz CT molecular complexity index is 555. The van der Waals surface area contributed by atoms with Crippen LogP contribution in [0.3, 0.4) is 0 Å². The number of hydrogen-bond donors (Lipinski definition) is 2. The number of aryl methyl sites for hydroxylation is 1. The highest BCUT2D eigenvalue weighted by Crippen LogP contribution is 2.21. The second-order valence-corrected chi connectivity index (χ2v) is 3.54. The quantitative estimate of drug-likeness (QED) is 0.844. The van der Waals surface area contributed by atoms with E-state index in [4.69, 9.17) is 5.11 Å². The predicted molar refractivity (Wildman–Crippen MR) is 63.5 cm³/mol. The Morgan fingerprint density at radius 1 is 1.18 bits per heavy atom. The number of carboxylic acid groups (broad SMARTS) is 1. The largest absolute Gasteiger partial charge is 0.478 e. The lowest BCUT2D eigenvalue weighted by Crippen LogP contribution is -2.04. The molecule has 5 nitrogen and oxygen atoms in total. The van der Waals surface area contributed by atoms with Gasteiger partial charge in [-0.15, -0.1) is 0 Å². The zero-order valence-corrected chi connectivity index (χ0v) is 9.21. The number of pyridine rings is 2. The molecular formula is C12H11N3O2. The molecule has 2 heterocycles. The van der Waals surface area contributed by atoms with E-state index in [0.717, 1.165) is 11.3 Å². The maximum absolute atomic E-state index is 11.0. The summed E-state index contributed by atoms with van der Waals surface area (Å²) in [6.45, 7) is 1.92. The van der Waals surface area contributed by atoms with E-state index in [1.165, 1.54) is 18.5 Å². The maximum atomic E-state index is 11.0. The Kier molecular flexibility index (Phi) is 3.00. The van der Waals surface area contributed by atoms with Crippen molar-refractivity contribution in [3.05, 3.63) is 48.0 Å². The van der Waals surface area contributed by atoms with Gasteiger partial charge in [-0.1, -0.05) is 0 Å². The lowest BCUT2D eigenvalue weighted by molar-refractivity contribution is 0.0698. The Balaban J connectivity index is 2.37. The molecule has 2 aromatic rings. The number of carbonyl (C=O) groups is 1. The number of hydrogen-bond acceptors (Lipinski definition) is 4. The van der Waals surface area contributed by atoms with Gasteiger partial charge in [0.05, 0.1) is 29.3 Å². The summed E-state index contributed by atoms with van der Waals surface area (Å²) < 4.78 is 0. The van der Waals surface area contributed by atoms with Crippen molar-refractivity contribution >= 4 is 17.3 Å². The van der Waals surface area contributed by atoms with E-state index in [1.807, 2.05) is 13.0 Å². The van der Waals surface area contributed by atoms with Crippen molar-refractivity contribution in [2.24, 2.45) is 0 Å². The van der Waals surface area contributed by atoms with Gasteiger partial charge in [-0.25, -0.2) is 4.79 Å². The molecule has 0 atom stereocenters. The number of anilines is 2. The van der Waals surface area contributed by atoms with E-state index < -0.39 is 5.97 Å². The van der Waals surface area contributed by atoms with Gasteiger partial charge in [-0.3, -0.25) is 9.97 Å². The number of rotatable bonds is 3. The summed E-state index contributed by atoms with van der Waals surface area (Å²) in [5.74, 6) is -0.989. The molecular weight excluding hydrogens is 218 g/mol. The van der Waals surface area contributed by atoms with Gasteiger partial charge in [0.2, 0.25) is 0 Å². The SMILES string of the molecule is Cc1ccncc1Nc1cnccc1C(=O)O. The average molecular weight is 229 g/mol. The van der Waals surface area contributed by atoms with Gasteiger partial charge < -0.3 is 10.4 Å². The summed E-state index contributed by atoms with van der Waals surface area (Å²) in [6, 6.07) is 3.30. The molecule has 0 saturated heterocycles. The minimum atomic E-state index is -0.989. The Labute approximate surface area is 98.2 Å². The van der Waals surface area contributed by atoms with Crippen molar-refractivity contribution in [1.82, 2.24) is 9.97 Å². The van der Waals surface area contributed by atoms with Crippen LogP contribution in [0.25, 0.3) is 0 Å². The first-order valence-corrected chi connectivity index (χ1v) is 5.03. The van der Waals surface area contributed by atoms with E-state index in [-0.39, 0.29) is 5.56 Å². The van der Waals surface area contributed by atoms with Crippen LogP contribution in [-0.4, -0.2) is 21.0 Å². The van der Waals surface area contributed by atoms with Crippen LogP contribution in [0.4, 0.5) is 11.4 Å². The third kappa shape index (κ3) is 2.39. The van der Waals surface area contributed by atoms with E-state index in [1.54, 1.807) is 12.4 Å². The first-order chi connectivity index (χ1) is 8.18. The fourth-order valence-electron chi connectivity index (χ4n) is 1.42. The molecule has 2 rings (SSSR count). The number of aromatic nitrogens is 2. The molecule has 0 fully saturated rings. The van der Waals surface area contributed by atoms with Crippen molar-refractivity contribution in [3.63, 3.8) is 0 Å². The molecule has 0 aliphatic carbocycles. The van der Waals surface area contributed by atoms with E-state index in [2.05, 4.69) is 15.3 Å². The predicted octanol–water partition coefficient (Wildman–Crippen LogP) is 2.23. The van der Waals surface area contributed by atoms with Crippen molar-refractivity contribution < 1.29 is 9.90 Å². The van der Waals surface area contributed by atoms with Gasteiger partial charge in [-0.2, -0.15) is 0 Å². The van der Waals surface area contributed by atoms with Crippen LogP contribution in [0.2, 0.25) is 0 Å². The summed E-state index contributed by atoms with van der Waals surface area (Å²) in [7, 11) is 0. The zero-order chi connectivity index (χ0) is 12.3. The van der Waals surface area contributed by atoms with Gasteiger partial charge in [0.1, 0.15) is 0 Å². The molecule has 2 aromatic heterocycles. The van der Waals surface area contributed by atoms with E-state index in [0.29, 0.717) is 5.69 Å². The Morgan fingerprint density at radius 3 is 2.47 bits per heavy atom. The second-order valence-electron chi connectivity index (χ2n) is 3.54. The highest BCUT2D eigenvalue weighted by molar-refractivity contribution is 5.94. The summed E-state index contributed by atoms with van der Waals surface area (Å²) in [5.41, 5.74) is 2.39. The van der Waals surface area contributed by atoms with Crippen LogP contribution in [0.1, 0.15) is 15.9 Å². The maximum Gasteiger partial charge on any atom is 0.337 e. The minimum absolute atomic E-state index is 0.184. The Hall–Kier alpha value is -2.43. The molecule has 0 amide bonds. The molecule has 0 aromatic carbocycles. The average Bonchev–Trinajstić information content (AvgIpc) is 2.32. The number of nitrogens with zero attached hydrogens (tertiary/aromatic N) is 2. The van der Waals surface area contributed by atoms with E-state index in [9.17, 15) is 4.79 Å². The van der Waals surface area contributed by atoms with Gasteiger partial charge in [0.15, 0.2) is 0 Å². The molecule has 0 spiro atoms. The molecule has 2 N–H and O–H groups in total. The first kappa shape index (κ1) is 11.1. The standard InChI is InChI=1S/C12H11N3O2/c1-8-2-4-13-6-10(8)15-11-7-14-5-3-9(11)12(16)17/h2-7,15H,1H3,(H,16,17). The fraction of sp³-hybridized carbons (Fsp3) is 0.0833. The van der Waals surface area contributed by atoms with Gasteiger partial charge in [0.25, 0.3) is 0 Å². The van der Waals surface area contributed by atoms with Gasteiger partial charge >= 0.3 is 5.97 Å². The zero-order valence-electron chi connectivity index (χ0n) is 9.21. The molecule has 0 bridgehead atoms. The molecule has 5 heteroatoms. The lowest BCUT2D eigenvalue weighted by Gasteiger charge is -2.10.